The molecule has 0 N–H and O–H groups in total. The summed E-state index contributed by atoms with van der Waals surface area (Å²) in [5.74, 6) is 1.37. The number of rotatable bonds is 8. The average Bonchev–Trinajstić information content (AvgIpc) is 3.12. The topological polar surface area (TPSA) is 18.5 Å². The van der Waals surface area contributed by atoms with Gasteiger partial charge in [-0.2, -0.15) is 0 Å². The van der Waals surface area contributed by atoms with Crippen LogP contribution >= 0.6 is 22.6 Å². The van der Waals surface area contributed by atoms with Gasteiger partial charge in [0.1, 0.15) is 0 Å². The Kier molecular flexibility index (Phi) is 8.22. The van der Waals surface area contributed by atoms with Crippen molar-refractivity contribution in [2.45, 2.75) is 73.0 Å². The van der Waals surface area contributed by atoms with Crippen LogP contribution < -0.4 is 0 Å². The van der Waals surface area contributed by atoms with Crippen LogP contribution in [0.2, 0.25) is 0 Å². The maximum Gasteiger partial charge on any atom is 0.158 e. The maximum absolute atomic E-state index is 5.79. The van der Waals surface area contributed by atoms with Gasteiger partial charge in [0.15, 0.2) is 6.29 Å². The van der Waals surface area contributed by atoms with Gasteiger partial charge < -0.3 is 9.47 Å². The Morgan fingerprint density at radius 1 is 1.28 bits per heavy atom. The van der Waals surface area contributed by atoms with Crippen molar-refractivity contribution >= 4 is 22.6 Å². The molecule has 0 bridgehead atoms. The quantitative estimate of drug-likeness (QED) is 0.294. The van der Waals surface area contributed by atoms with Crippen molar-refractivity contribution in [2.75, 3.05) is 13.2 Å². The van der Waals surface area contributed by atoms with Crippen molar-refractivity contribution in [3.8, 4) is 0 Å². The smallest absolute Gasteiger partial charge is 0.158 e. The fraction of sp³-hybridized carbons (Fsp3) is 0.727. The third kappa shape index (κ3) is 5.93. The van der Waals surface area contributed by atoms with E-state index in [0.717, 1.165) is 38.9 Å². The predicted octanol–water partition coefficient (Wildman–Crippen LogP) is 6.81. The molecule has 0 aromatic heterocycles. The summed E-state index contributed by atoms with van der Waals surface area (Å²) < 4.78 is 13.0. The molecule has 1 fully saturated rings. The number of halogens is 1. The Morgan fingerprint density at radius 3 is 2.56 bits per heavy atom. The van der Waals surface area contributed by atoms with Gasteiger partial charge in [0.2, 0.25) is 0 Å². The van der Waals surface area contributed by atoms with Crippen LogP contribution in [0.5, 0.6) is 0 Å². The highest BCUT2D eigenvalue weighted by Gasteiger charge is 2.44. The molecule has 0 aromatic carbocycles. The molecular weight excluding hydrogens is 423 g/mol. The first kappa shape index (κ1) is 21.2. The monoisotopic (exact) mass is 458 g/mol. The summed E-state index contributed by atoms with van der Waals surface area (Å²) in [6.07, 6.45) is 12.8. The highest BCUT2D eigenvalue weighted by atomic mass is 127. The first-order valence-electron chi connectivity index (χ1n) is 9.73. The molecule has 1 aliphatic carbocycles. The fourth-order valence-corrected chi connectivity index (χ4v) is 4.68. The van der Waals surface area contributed by atoms with Crippen LogP contribution in [0.3, 0.4) is 0 Å². The van der Waals surface area contributed by atoms with Gasteiger partial charge in [-0.05, 0) is 83.0 Å². The fourth-order valence-electron chi connectivity index (χ4n) is 4.36. The van der Waals surface area contributed by atoms with Crippen molar-refractivity contribution in [2.24, 2.45) is 17.3 Å². The Balaban J connectivity index is 2.02. The molecule has 2 rings (SSSR count). The Hall–Kier alpha value is -0.130. The standard InChI is InChI=1S/C22H35IO2/c1-16(2)20-12-11-19(10-9-17(3)7-6-8-18(4)23)22(20,5)15-21-24-13-14-25-21/h8-9,11,16,20-21H,6-7,10,12-15H2,1-5H3/b17-9+,18-8+/t20-,22+/m0/s1. The molecule has 142 valence electrons. The number of ether oxygens (including phenoxy) is 2. The van der Waals surface area contributed by atoms with E-state index in [1.165, 1.54) is 15.6 Å². The molecule has 25 heavy (non-hydrogen) atoms. The summed E-state index contributed by atoms with van der Waals surface area (Å²) in [4.78, 5) is 0. The SMILES string of the molecule is C/C(I)=C\CC/C(C)=C/CC1=CC[C@@H](C(C)C)[C@]1(C)CC1OCCO1. The molecule has 2 atom stereocenters. The molecular formula is C22H35IO2. The van der Waals surface area contributed by atoms with Crippen LogP contribution in [0, 0.1) is 17.3 Å². The van der Waals surface area contributed by atoms with Gasteiger partial charge in [0, 0.05) is 6.42 Å². The van der Waals surface area contributed by atoms with Crippen molar-refractivity contribution in [1.29, 1.82) is 0 Å². The molecule has 2 nitrogen and oxygen atoms in total. The molecule has 0 unspecified atom stereocenters. The summed E-state index contributed by atoms with van der Waals surface area (Å²) >= 11 is 2.39. The number of hydrogen-bond donors (Lipinski definition) is 0. The van der Waals surface area contributed by atoms with Gasteiger partial charge >= 0.3 is 0 Å². The largest absolute Gasteiger partial charge is 0.350 e. The molecule has 0 spiro atoms. The molecule has 0 aromatic rings. The highest BCUT2D eigenvalue weighted by Crippen LogP contribution is 2.52. The average molecular weight is 458 g/mol. The van der Waals surface area contributed by atoms with E-state index in [4.69, 9.17) is 9.47 Å². The summed E-state index contributed by atoms with van der Waals surface area (Å²) in [6.45, 7) is 13.1. The third-order valence-electron chi connectivity index (χ3n) is 5.89. The van der Waals surface area contributed by atoms with Crippen LogP contribution in [0.25, 0.3) is 0 Å². The molecule has 0 amide bonds. The summed E-state index contributed by atoms with van der Waals surface area (Å²) in [7, 11) is 0. The second-order valence-corrected chi connectivity index (χ2v) is 9.89. The molecule has 2 aliphatic rings. The van der Waals surface area contributed by atoms with Crippen molar-refractivity contribution in [3.63, 3.8) is 0 Å². The second kappa shape index (κ2) is 9.70. The Bertz CT molecular complexity index is 522. The van der Waals surface area contributed by atoms with Crippen molar-refractivity contribution in [3.05, 3.63) is 33.0 Å². The molecule has 0 radical (unpaired) electrons. The predicted molar refractivity (Wildman–Crippen MR) is 115 cm³/mol. The first-order valence-corrected chi connectivity index (χ1v) is 10.8. The first-order chi connectivity index (χ1) is 11.8. The number of allylic oxidation sites excluding steroid dienone is 6. The van der Waals surface area contributed by atoms with Gasteiger partial charge in [-0.1, -0.05) is 50.1 Å². The van der Waals surface area contributed by atoms with Crippen molar-refractivity contribution < 1.29 is 9.47 Å². The zero-order valence-electron chi connectivity index (χ0n) is 16.6. The molecule has 1 saturated heterocycles. The van der Waals surface area contributed by atoms with E-state index < -0.39 is 0 Å². The second-order valence-electron chi connectivity index (χ2n) is 8.19. The Labute approximate surface area is 168 Å². The van der Waals surface area contributed by atoms with E-state index in [9.17, 15) is 0 Å². The molecule has 1 heterocycles. The number of hydrogen-bond acceptors (Lipinski definition) is 2. The van der Waals surface area contributed by atoms with E-state index in [1.54, 1.807) is 5.57 Å². The summed E-state index contributed by atoms with van der Waals surface area (Å²) in [5.41, 5.74) is 3.28. The lowest BCUT2D eigenvalue weighted by molar-refractivity contribution is -0.0746. The minimum Gasteiger partial charge on any atom is -0.350 e. The van der Waals surface area contributed by atoms with E-state index in [2.05, 4.69) is 75.4 Å². The zero-order chi connectivity index (χ0) is 18.4. The van der Waals surface area contributed by atoms with E-state index >= 15 is 0 Å². The van der Waals surface area contributed by atoms with E-state index in [-0.39, 0.29) is 11.7 Å². The van der Waals surface area contributed by atoms with Gasteiger partial charge in [-0.3, -0.25) is 0 Å². The van der Waals surface area contributed by atoms with Gasteiger partial charge in [-0.15, -0.1) is 0 Å². The lowest BCUT2D eigenvalue weighted by Gasteiger charge is -2.38. The maximum atomic E-state index is 5.79. The summed E-state index contributed by atoms with van der Waals surface area (Å²) in [6, 6.07) is 0. The van der Waals surface area contributed by atoms with Gasteiger partial charge in [0.25, 0.3) is 0 Å². The molecule has 3 heteroatoms. The highest BCUT2D eigenvalue weighted by molar-refractivity contribution is 14.1. The van der Waals surface area contributed by atoms with Crippen LogP contribution in [0.15, 0.2) is 33.0 Å². The van der Waals surface area contributed by atoms with Gasteiger partial charge in [-0.25, -0.2) is 0 Å². The minimum absolute atomic E-state index is 0.0189. The minimum atomic E-state index is -0.0189. The third-order valence-corrected chi connectivity index (χ3v) is 6.33. The van der Waals surface area contributed by atoms with Crippen LogP contribution in [-0.2, 0) is 9.47 Å². The Morgan fingerprint density at radius 2 is 1.96 bits per heavy atom. The van der Waals surface area contributed by atoms with Crippen LogP contribution in [0.4, 0.5) is 0 Å². The summed E-state index contributed by atoms with van der Waals surface area (Å²) in [5, 5.41) is 0. The lowest BCUT2D eigenvalue weighted by Crippen LogP contribution is -2.33. The lowest BCUT2D eigenvalue weighted by atomic mass is 9.67. The van der Waals surface area contributed by atoms with Crippen molar-refractivity contribution in [1.82, 2.24) is 0 Å². The molecule has 1 aliphatic heterocycles. The van der Waals surface area contributed by atoms with Crippen LogP contribution in [-0.4, -0.2) is 19.5 Å². The zero-order valence-corrected chi connectivity index (χ0v) is 18.8. The normalized spacial score (nSPS) is 28.9. The van der Waals surface area contributed by atoms with Crippen LogP contribution in [0.1, 0.15) is 66.7 Å². The molecule has 0 saturated carbocycles. The van der Waals surface area contributed by atoms with E-state index in [1.807, 2.05) is 0 Å². The van der Waals surface area contributed by atoms with Gasteiger partial charge in [0.05, 0.1) is 13.2 Å². The van der Waals surface area contributed by atoms with E-state index in [0.29, 0.717) is 11.8 Å².